The van der Waals surface area contributed by atoms with Crippen molar-refractivity contribution in [2.75, 3.05) is 30.1 Å². The number of anilines is 1. The van der Waals surface area contributed by atoms with Crippen molar-refractivity contribution in [3.63, 3.8) is 0 Å². The van der Waals surface area contributed by atoms with E-state index >= 15 is 0 Å². The maximum Gasteiger partial charge on any atom is 0.327 e. The largest absolute Gasteiger partial charge is 0.482 e. The summed E-state index contributed by atoms with van der Waals surface area (Å²) >= 11 is 1.61. The molecule has 0 amide bonds. The molecule has 41 heavy (non-hydrogen) atoms. The average molecular weight is 599 g/mol. The van der Waals surface area contributed by atoms with E-state index in [4.69, 9.17) is 4.74 Å². The van der Waals surface area contributed by atoms with Crippen LogP contribution < -0.4 is 9.75 Å². The number of hydrazine groups is 1. The molecule has 0 bridgehead atoms. The first kappa shape index (κ1) is 29.5. The molecule has 0 unspecified atom stereocenters. The molecule has 3 aromatic rings. The molecule has 1 spiro atoms. The summed E-state index contributed by atoms with van der Waals surface area (Å²) in [5.41, 5.74) is 3.30. The Bertz CT molecular complexity index is 1500. The molecule has 11 heteroatoms. The van der Waals surface area contributed by atoms with Gasteiger partial charge in [-0.15, -0.1) is 0 Å². The van der Waals surface area contributed by atoms with E-state index in [2.05, 4.69) is 23.1 Å². The van der Waals surface area contributed by atoms with E-state index in [9.17, 15) is 18.3 Å². The van der Waals surface area contributed by atoms with Crippen LogP contribution in [0.2, 0.25) is 0 Å². The van der Waals surface area contributed by atoms with Gasteiger partial charge in [0.15, 0.2) is 9.84 Å². The van der Waals surface area contributed by atoms with Crippen molar-refractivity contribution < 1.29 is 23.1 Å². The van der Waals surface area contributed by atoms with Gasteiger partial charge in [0.2, 0.25) is 0 Å². The van der Waals surface area contributed by atoms with Crippen molar-refractivity contribution in [3.8, 4) is 17.0 Å². The number of aryl methyl sites for hydroxylation is 1. The molecule has 0 saturated carbocycles. The van der Waals surface area contributed by atoms with Crippen LogP contribution in [-0.2, 0) is 26.8 Å². The average Bonchev–Trinajstić information content (AvgIpc) is 3.42. The summed E-state index contributed by atoms with van der Waals surface area (Å²) in [4.78, 5) is 12.8. The number of ether oxygens (including phenoxy) is 1. The van der Waals surface area contributed by atoms with Gasteiger partial charge in [-0.3, -0.25) is 9.69 Å². The predicted molar refractivity (Wildman–Crippen MR) is 162 cm³/mol. The van der Waals surface area contributed by atoms with Gasteiger partial charge in [-0.1, -0.05) is 12.1 Å². The molecule has 2 aliphatic heterocycles. The second-order valence-electron chi connectivity index (χ2n) is 10.8. The number of para-hydroxylation sites is 1. The van der Waals surface area contributed by atoms with E-state index in [0.717, 1.165) is 29.1 Å². The number of piperidine rings is 1. The molecule has 1 N–H and O–H groups in total. The second kappa shape index (κ2) is 11.7. The number of carbonyl (C=O) groups is 1. The lowest BCUT2D eigenvalue weighted by molar-refractivity contribution is -0.140. The lowest BCUT2D eigenvalue weighted by Crippen LogP contribution is -2.58. The Balaban J connectivity index is 1.48. The number of hydrogen-bond acceptors (Lipinski definition) is 8. The van der Waals surface area contributed by atoms with Gasteiger partial charge in [-0.25, -0.2) is 18.2 Å². The Morgan fingerprint density at radius 3 is 2.44 bits per heavy atom. The minimum absolute atomic E-state index is 0.236. The number of benzene rings is 2. The van der Waals surface area contributed by atoms with Crippen LogP contribution in [-0.4, -0.2) is 70.7 Å². The minimum atomic E-state index is -3.44. The molecule has 0 aliphatic carbocycles. The topological polar surface area (TPSA) is 105 Å². The Kier molecular flexibility index (Phi) is 8.41. The Morgan fingerprint density at radius 1 is 1.15 bits per heavy atom. The second-order valence-corrected chi connectivity index (χ2v) is 14.3. The van der Waals surface area contributed by atoms with Crippen LogP contribution in [0.25, 0.3) is 11.3 Å². The number of aromatic nitrogens is 2. The monoisotopic (exact) mass is 598 g/mol. The molecule has 5 rings (SSSR count). The zero-order chi connectivity index (χ0) is 29.4. The van der Waals surface area contributed by atoms with Gasteiger partial charge < -0.3 is 9.84 Å². The molecule has 220 valence electrons. The van der Waals surface area contributed by atoms with E-state index in [1.54, 1.807) is 49.9 Å². The summed E-state index contributed by atoms with van der Waals surface area (Å²) in [6, 6.07) is 13.9. The van der Waals surface area contributed by atoms with Gasteiger partial charge in [0.05, 0.1) is 27.7 Å². The van der Waals surface area contributed by atoms with Crippen LogP contribution in [0.5, 0.6) is 5.75 Å². The van der Waals surface area contributed by atoms with Crippen molar-refractivity contribution in [3.05, 3.63) is 60.3 Å². The van der Waals surface area contributed by atoms with E-state index in [-0.39, 0.29) is 4.90 Å². The molecule has 2 aliphatic rings. The smallest absolute Gasteiger partial charge is 0.327 e. The Morgan fingerprint density at radius 2 is 1.83 bits per heavy atom. The van der Waals surface area contributed by atoms with E-state index < -0.39 is 32.7 Å². The van der Waals surface area contributed by atoms with E-state index in [1.165, 1.54) is 0 Å². The zero-order valence-electron chi connectivity index (χ0n) is 24.0. The summed E-state index contributed by atoms with van der Waals surface area (Å²) in [7, 11) is -3.44. The summed E-state index contributed by atoms with van der Waals surface area (Å²) in [5.74, 6) is 0.614. The first-order valence-electron chi connectivity index (χ1n) is 14.1. The summed E-state index contributed by atoms with van der Waals surface area (Å²) in [6.45, 7) is 7.27. The zero-order valence-corrected chi connectivity index (χ0v) is 25.6. The van der Waals surface area contributed by atoms with Crippen molar-refractivity contribution in [2.45, 2.75) is 68.4 Å². The van der Waals surface area contributed by atoms with E-state index in [0.29, 0.717) is 43.8 Å². The molecule has 9 nitrogen and oxygen atoms in total. The van der Waals surface area contributed by atoms with Crippen molar-refractivity contribution in [2.24, 2.45) is 0 Å². The summed E-state index contributed by atoms with van der Waals surface area (Å²) in [5, 5.41) is 18.4. The summed E-state index contributed by atoms with van der Waals surface area (Å²) in [6.07, 6.45) is 5.63. The lowest BCUT2D eigenvalue weighted by atomic mass is 9.81. The van der Waals surface area contributed by atoms with Crippen molar-refractivity contribution in [1.82, 2.24) is 14.8 Å². The highest BCUT2D eigenvalue weighted by molar-refractivity contribution is 7.98. The molecule has 0 radical (unpaired) electrons. The molecule has 3 heterocycles. The first-order valence-corrected chi connectivity index (χ1v) is 17.0. The number of carboxylic acid groups (broad SMARTS) is 1. The summed E-state index contributed by atoms with van der Waals surface area (Å²) < 4.78 is 34.2. The Labute approximate surface area is 246 Å². The fraction of sp³-hybridized carbons (Fsp3) is 0.467. The molecular formula is C30H38N4O5S2. The van der Waals surface area contributed by atoms with Crippen LogP contribution >= 0.6 is 11.8 Å². The van der Waals surface area contributed by atoms with E-state index in [1.807, 2.05) is 40.3 Å². The SMILES string of the molecule is CCn1ncc2c1-c1ccccc1OC21CCN(N(c2ccc(S(=O)(=O)C(C)C)cc2)[C@@H](CCSC)C(=O)O)CC1. The highest BCUT2D eigenvalue weighted by Crippen LogP contribution is 2.49. The Hall–Kier alpha value is -3.02. The van der Waals surface area contributed by atoms with Gasteiger partial charge in [0.25, 0.3) is 0 Å². The number of rotatable bonds is 10. The first-order chi connectivity index (χ1) is 19.6. The molecule has 2 aromatic carbocycles. The van der Waals surface area contributed by atoms with Gasteiger partial charge in [-0.2, -0.15) is 16.9 Å². The fourth-order valence-corrected chi connectivity index (χ4v) is 7.40. The van der Waals surface area contributed by atoms with Crippen molar-refractivity contribution >= 4 is 33.3 Å². The quantitative estimate of drug-likeness (QED) is 0.343. The van der Waals surface area contributed by atoms with Crippen LogP contribution in [0.4, 0.5) is 5.69 Å². The number of hydrogen-bond donors (Lipinski definition) is 1. The standard InChI is InChI=1S/C30H38N4O5S2/c1-5-33-28-24-8-6-7-9-27(24)39-30(25(28)20-31-33)15-17-32(18-16-30)34(26(29(35)36)14-19-40-4)22-10-12-23(13-11-22)41(37,38)21(2)3/h6-13,20-21,26H,5,14-19H2,1-4H3,(H,35,36)/t26-/m0/s1. The van der Waals surface area contributed by atoms with Crippen LogP contribution in [0.3, 0.4) is 0 Å². The molecule has 1 aromatic heterocycles. The van der Waals surface area contributed by atoms with Crippen LogP contribution in [0.1, 0.15) is 45.6 Å². The van der Waals surface area contributed by atoms with Gasteiger partial charge in [0, 0.05) is 43.6 Å². The highest BCUT2D eigenvalue weighted by atomic mass is 32.2. The number of nitrogens with zero attached hydrogens (tertiary/aromatic N) is 4. The number of aliphatic carboxylic acids is 1. The number of fused-ring (bicyclic) bond motifs is 4. The maximum absolute atomic E-state index is 12.7. The maximum atomic E-state index is 12.7. The highest BCUT2D eigenvalue weighted by Gasteiger charge is 2.47. The van der Waals surface area contributed by atoms with Crippen LogP contribution in [0, 0.1) is 0 Å². The molecule has 1 fully saturated rings. The molecule has 1 saturated heterocycles. The number of sulfone groups is 1. The predicted octanol–water partition coefficient (Wildman–Crippen LogP) is 5.06. The lowest BCUT2D eigenvalue weighted by Gasteiger charge is -2.48. The third-order valence-corrected chi connectivity index (χ3v) is 11.0. The normalized spacial score (nSPS) is 17.1. The molecular weight excluding hydrogens is 560 g/mol. The number of thioether (sulfide) groups is 1. The minimum Gasteiger partial charge on any atom is -0.482 e. The van der Waals surface area contributed by atoms with Crippen LogP contribution in [0.15, 0.2) is 59.6 Å². The number of carboxylic acids is 1. The van der Waals surface area contributed by atoms with Crippen molar-refractivity contribution in [1.29, 1.82) is 0 Å². The fourth-order valence-electron chi connectivity index (χ4n) is 5.88. The third-order valence-electron chi connectivity index (χ3n) is 8.16. The third kappa shape index (κ3) is 5.35. The van der Waals surface area contributed by atoms with Gasteiger partial charge in [-0.05, 0) is 75.6 Å². The molecule has 1 atom stereocenters. The van der Waals surface area contributed by atoms with Gasteiger partial charge >= 0.3 is 5.97 Å². The van der Waals surface area contributed by atoms with Gasteiger partial charge in [0.1, 0.15) is 17.4 Å².